The first-order valence-electron chi connectivity index (χ1n) is 7.24. The molecule has 6 nitrogen and oxygen atoms in total. The van der Waals surface area contributed by atoms with Crippen molar-refractivity contribution in [3.63, 3.8) is 0 Å². The highest BCUT2D eigenvalue weighted by Gasteiger charge is 2.08. The molecule has 0 aromatic carbocycles. The van der Waals surface area contributed by atoms with E-state index in [1.54, 1.807) is 6.20 Å². The number of nitrogens with zero attached hydrogens (tertiary/aromatic N) is 3. The van der Waals surface area contributed by atoms with Gasteiger partial charge in [0.2, 0.25) is 5.91 Å². The number of rotatable bonds is 7. The zero-order valence-electron chi connectivity index (χ0n) is 12.8. The van der Waals surface area contributed by atoms with Crippen LogP contribution in [0.2, 0.25) is 0 Å². The summed E-state index contributed by atoms with van der Waals surface area (Å²) < 4.78 is 7.09. The van der Waals surface area contributed by atoms with Gasteiger partial charge in [0, 0.05) is 37.5 Å². The van der Waals surface area contributed by atoms with Crippen molar-refractivity contribution in [3.8, 4) is 0 Å². The Hall–Kier alpha value is -2.11. The van der Waals surface area contributed by atoms with Gasteiger partial charge in [-0.3, -0.25) is 4.79 Å². The molecule has 1 N–H and O–H groups in total. The number of hydrogen-bond acceptors (Lipinski definition) is 4. The Labute approximate surface area is 124 Å². The van der Waals surface area contributed by atoms with Crippen LogP contribution in [0.25, 0.3) is 0 Å². The third kappa shape index (κ3) is 4.18. The first kappa shape index (κ1) is 15.3. The number of carbonyl (C=O) groups is 1. The molecule has 0 aliphatic rings. The number of amides is 1. The number of imidazole rings is 1. The lowest BCUT2D eigenvalue weighted by atomic mass is 10.1. The van der Waals surface area contributed by atoms with Gasteiger partial charge in [-0.05, 0) is 33.6 Å². The normalized spacial score (nSPS) is 10.8. The SMILES string of the molecule is Cc1noc(C)c1CCCNC(=O)CCn1ccnc1C. The molecule has 0 saturated heterocycles. The molecule has 0 atom stereocenters. The highest BCUT2D eigenvalue weighted by atomic mass is 16.5. The highest BCUT2D eigenvalue weighted by molar-refractivity contribution is 5.75. The topological polar surface area (TPSA) is 73.0 Å². The first-order valence-corrected chi connectivity index (χ1v) is 7.24. The van der Waals surface area contributed by atoms with Crippen LogP contribution in [0, 0.1) is 20.8 Å². The second-order valence-electron chi connectivity index (χ2n) is 5.17. The zero-order valence-corrected chi connectivity index (χ0v) is 12.8. The predicted molar refractivity (Wildman–Crippen MR) is 78.9 cm³/mol. The molecule has 0 bridgehead atoms. The van der Waals surface area contributed by atoms with Gasteiger partial charge in [0.15, 0.2) is 0 Å². The Balaban J connectivity index is 1.65. The van der Waals surface area contributed by atoms with Gasteiger partial charge in [-0.2, -0.15) is 0 Å². The molecule has 0 aliphatic heterocycles. The number of nitrogens with one attached hydrogen (secondary N) is 1. The maximum absolute atomic E-state index is 11.8. The molecule has 2 heterocycles. The van der Waals surface area contributed by atoms with E-state index < -0.39 is 0 Å². The Kier molecular flexibility index (Phi) is 5.14. The standard InChI is InChI=1S/C15H22N4O2/c1-11-14(12(2)21-18-11)5-4-7-17-15(20)6-9-19-10-8-16-13(19)3/h8,10H,4-7,9H2,1-3H3,(H,17,20). The largest absolute Gasteiger partial charge is 0.361 e. The van der Waals surface area contributed by atoms with Gasteiger partial charge in [0.05, 0.1) is 5.69 Å². The summed E-state index contributed by atoms with van der Waals surface area (Å²) >= 11 is 0. The summed E-state index contributed by atoms with van der Waals surface area (Å²) in [5, 5.41) is 6.87. The maximum Gasteiger partial charge on any atom is 0.221 e. The summed E-state index contributed by atoms with van der Waals surface area (Å²) in [6, 6.07) is 0. The van der Waals surface area contributed by atoms with E-state index in [1.807, 2.05) is 31.5 Å². The molecule has 6 heteroatoms. The molecular formula is C15H22N4O2. The highest BCUT2D eigenvalue weighted by Crippen LogP contribution is 2.13. The van der Waals surface area contributed by atoms with Crippen molar-refractivity contribution >= 4 is 5.91 Å². The van der Waals surface area contributed by atoms with Crippen molar-refractivity contribution in [2.45, 2.75) is 46.6 Å². The number of carbonyl (C=O) groups excluding carboxylic acids is 1. The first-order chi connectivity index (χ1) is 10.1. The molecule has 0 radical (unpaired) electrons. The molecule has 114 valence electrons. The second kappa shape index (κ2) is 7.06. The fourth-order valence-electron chi connectivity index (χ4n) is 2.30. The van der Waals surface area contributed by atoms with E-state index in [2.05, 4.69) is 15.5 Å². The summed E-state index contributed by atoms with van der Waals surface area (Å²) in [5.74, 6) is 1.87. The van der Waals surface area contributed by atoms with Crippen LogP contribution in [0.3, 0.4) is 0 Å². The van der Waals surface area contributed by atoms with Crippen LogP contribution in [-0.2, 0) is 17.8 Å². The van der Waals surface area contributed by atoms with Crippen molar-refractivity contribution in [1.29, 1.82) is 0 Å². The average molecular weight is 290 g/mol. The van der Waals surface area contributed by atoms with E-state index in [-0.39, 0.29) is 5.91 Å². The summed E-state index contributed by atoms with van der Waals surface area (Å²) in [7, 11) is 0. The Morgan fingerprint density at radius 2 is 2.19 bits per heavy atom. The predicted octanol–water partition coefficient (Wildman–Crippen LogP) is 1.94. The number of hydrogen-bond donors (Lipinski definition) is 1. The van der Waals surface area contributed by atoms with Crippen LogP contribution in [0.4, 0.5) is 0 Å². The zero-order chi connectivity index (χ0) is 15.2. The van der Waals surface area contributed by atoms with E-state index in [1.165, 1.54) is 0 Å². The van der Waals surface area contributed by atoms with Gasteiger partial charge in [0.25, 0.3) is 0 Å². The van der Waals surface area contributed by atoms with Crippen LogP contribution < -0.4 is 5.32 Å². The minimum absolute atomic E-state index is 0.0712. The second-order valence-corrected chi connectivity index (χ2v) is 5.17. The molecule has 2 aromatic heterocycles. The van der Waals surface area contributed by atoms with Crippen molar-refractivity contribution in [1.82, 2.24) is 20.0 Å². The third-order valence-corrected chi connectivity index (χ3v) is 3.61. The number of aryl methyl sites for hydroxylation is 4. The Bertz CT molecular complexity index is 581. The van der Waals surface area contributed by atoms with E-state index in [0.717, 1.165) is 35.7 Å². The van der Waals surface area contributed by atoms with E-state index in [0.29, 0.717) is 19.5 Å². The number of aromatic nitrogens is 3. The Morgan fingerprint density at radius 1 is 1.38 bits per heavy atom. The lowest BCUT2D eigenvalue weighted by molar-refractivity contribution is -0.121. The molecule has 21 heavy (non-hydrogen) atoms. The molecule has 0 unspecified atom stereocenters. The van der Waals surface area contributed by atoms with Gasteiger partial charge < -0.3 is 14.4 Å². The van der Waals surface area contributed by atoms with Gasteiger partial charge in [-0.1, -0.05) is 5.16 Å². The molecular weight excluding hydrogens is 268 g/mol. The smallest absolute Gasteiger partial charge is 0.221 e. The quantitative estimate of drug-likeness (QED) is 0.791. The minimum Gasteiger partial charge on any atom is -0.361 e. The lowest BCUT2D eigenvalue weighted by Crippen LogP contribution is -2.25. The van der Waals surface area contributed by atoms with Crippen LogP contribution in [0.1, 0.15) is 35.7 Å². The molecule has 0 saturated carbocycles. The fourth-order valence-corrected chi connectivity index (χ4v) is 2.30. The van der Waals surface area contributed by atoms with Crippen LogP contribution in [0.5, 0.6) is 0 Å². The van der Waals surface area contributed by atoms with Crippen LogP contribution >= 0.6 is 0 Å². The van der Waals surface area contributed by atoms with Crippen molar-refractivity contribution < 1.29 is 9.32 Å². The Morgan fingerprint density at radius 3 is 2.81 bits per heavy atom. The van der Waals surface area contributed by atoms with Gasteiger partial charge in [0.1, 0.15) is 11.6 Å². The molecule has 0 spiro atoms. The lowest BCUT2D eigenvalue weighted by Gasteiger charge is -2.07. The summed E-state index contributed by atoms with van der Waals surface area (Å²) in [6.45, 7) is 7.13. The molecule has 0 fully saturated rings. The molecule has 0 aliphatic carbocycles. The summed E-state index contributed by atoms with van der Waals surface area (Å²) in [4.78, 5) is 15.9. The van der Waals surface area contributed by atoms with Crippen molar-refractivity contribution in [2.24, 2.45) is 0 Å². The fraction of sp³-hybridized carbons (Fsp3) is 0.533. The maximum atomic E-state index is 11.8. The van der Waals surface area contributed by atoms with Gasteiger partial charge in [-0.25, -0.2) is 4.98 Å². The third-order valence-electron chi connectivity index (χ3n) is 3.61. The minimum atomic E-state index is 0.0712. The van der Waals surface area contributed by atoms with Crippen molar-refractivity contribution in [2.75, 3.05) is 6.54 Å². The van der Waals surface area contributed by atoms with Gasteiger partial charge in [-0.15, -0.1) is 0 Å². The van der Waals surface area contributed by atoms with Gasteiger partial charge >= 0.3 is 0 Å². The molecule has 2 rings (SSSR count). The van der Waals surface area contributed by atoms with E-state index in [4.69, 9.17) is 4.52 Å². The van der Waals surface area contributed by atoms with Crippen LogP contribution in [0.15, 0.2) is 16.9 Å². The average Bonchev–Trinajstić information content (AvgIpc) is 3.00. The summed E-state index contributed by atoms with van der Waals surface area (Å²) in [6.07, 6.45) is 5.88. The molecule has 1 amide bonds. The molecule has 2 aromatic rings. The summed E-state index contributed by atoms with van der Waals surface area (Å²) in [5.41, 5.74) is 2.09. The van der Waals surface area contributed by atoms with Crippen molar-refractivity contribution in [3.05, 3.63) is 35.2 Å². The van der Waals surface area contributed by atoms with E-state index in [9.17, 15) is 4.79 Å². The monoisotopic (exact) mass is 290 g/mol. The van der Waals surface area contributed by atoms with E-state index >= 15 is 0 Å². The van der Waals surface area contributed by atoms with Crippen LogP contribution in [-0.4, -0.2) is 27.2 Å².